The Morgan fingerprint density at radius 3 is 3.09 bits per heavy atom. The zero-order valence-corrected chi connectivity index (χ0v) is 5.55. The molecule has 0 spiro atoms. The second-order valence-electron chi connectivity index (χ2n) is 2.36. The van der Waals surface area contributed by atoms with Gasteiger partial charge in [0.15, 0.2) is 0 Å². The monoisotopic (exact) mass is 157 g/mol. The average Bonchev–Trinajstić information content (AvgIpc) is 2.21. The van der Waals surface area contributed by atoms with E-state index in [4.69, 9.17) is 0 Å². The highest BCUT2D eigenvalue weighted by molar-refractivity contribution is 5.31. The maximum Gasteiger partial charge on any atom is 0.403 e. The van der Waals surface area contributed by atoms with Crippen molar-refractivity contribution in [2.24, 2.45) is 0 Å². The summed E-state index contributed by atoms with van der Waals surface area (Å²) in [5.74, 6) is 0.192. The van der Waals surface area contributed by atoms with Gasteiger partial charge < -0.3 is 4.74 Å². The largest absolute Gasteiger partial charge is 0.430 e. The van der Waals surface area contributed by atoms with E-state index in [1.807, 2.05) is 0 Å². The maximum absolute atomic E-state index is 12.5. The van der Waals surface area contributed by atoms with Gasteiger partial charge >= 0.3 is 6.11 Å². The zero-order valence-electron chi connectivity index (χ0n) is 5.55. The fraction of sp³-hybridized carbons (Fsp3) is 0.286. The molecule has 11 heavy (non-hydrogen) atoms. The second kappa shape index (κ2) is 1.90. The summed E-state index contributed by atoms with van der Waals surface area (Å²) < 4.78 is 29.2. The van der Waals surface area contributed by atoms with Gasteiger partial charge in [0.05, 0.1) is 12.1 Å². The Balaban J connectivity index is 2.41. The molecule has 1 aromatic heterocycles. The van der Waals surface area contributed by atoms with Crippen molar-refractivity contribution in [1.29, 1.82) is 0 Å². The standard InChI is InChI=1S/C7H5F2NO/c8-7(9)4-5-6(11-7)2-1-3-10-5/h1-3H,4H2. The number of aromatic nitrogens is 1. The first-order valence-electron chi connectivity index (χ1n) is 3.18. The Morgan fingerprint density at radius 2 is 2.36 bits per heavy atom. The summed E-state index contributed by atoms with van der Waals surface area (Å²) in [5, 5.41) is 0. The van der Waals surface area contributed by atoms with Crippen LogP contribution in [-0.4, -0.2) is 11.1 Å². The number of nitrogens with zero attached hydrogens (tertiary/aromatic N) is 1. The predicted octanol–water partition coefficient (Wildman–Crippen LogP) is 1.61. The van der Waals surface area contributed by atoms with Crippen molar-refractivity contribution < 1.29 is 13.5 Å². The van der Waals surface area contributed by atoms with Crippen LogP contribution in [0.15, 0.2) is 18.3 Å². The van der Waals surface area contributed by atoms with Gasteiger partial charge in [0.1, 0.15) is 5.75 Å². The van der Waals surface area contributed by atoms with Crippen LogP contribution in [0.1, 0.15) is 5.69 Å². The lowest BCUT2D eigenvalue weighted by molar-refractivity contribution is -0.159. The van der Waals surface area contributed by atoms with E-state index >= 15 is 0 Å². The molecule has 0 bridgehead atoms. The van der Waals surface area contributed by atoms with Crippen molar-refractivity contribution in [3.63, 3.8) is 0 Å². The minimum atomic E-state index is -3.06. The highest BCUT2D eigenvalue weighted by Gasteiger charge is 2.40. The van der Waals surface area contributed by atoms with Crippen LogP contribution < -0.4 is 4.74 Å². The number of hydrogen-bond donors (Lipinski definition) is 0. The second-order valence-corrected chi connectivity index (χ2v) is 2.36. The van der Waals surface area contributed by atoms with Crippen LogP contribution in [0.5, 0.6) is 5.75 Å². The van der Waals surface area contributed by atoms with Gasteiger partial charge in [0, 0.05) is 6.20 Å². The molecule has 0 N–H and O–H groups in total. The molecule has 2 heterocycles. The van der Waals surface area contributed by atoms with E-state index in [0.717, 1.165) is 0 Å². The molecule has 0 saturated heterocycles. The number of rotatable bonds is 0. The lowest BCUT2D eigenvalue weighted by atomic mass is 10.3. The van der Waals surface area contributed by atoms with Crippen molar-refractivity contribution in [3.8, 4) is 5.75 Å². The maximum atomic E-state index is 12.5. The highest BCUT2D eigenvalue weighted by Crippen LogP contribution is 2.34. The smallest absolute Gasteiger partial charge is 0.403 e. The summed E-state index contributed by atoms with van der Waals surface area (Å²) in [6.45, 7) is 0. The van der Waals surface area contributed by atoms with Crippen molar-refractivity contribution in [3.05, 3.63) is 24.0 Å². The number of fused-ring (bicyclic) bond motifs is 1. The molecular weight excluding hydrogens is 152 g/mol. The van der Waals surface area contributed by atoms with Crippen LogP contribution in [-0.2, 0) is 6.42 Å². The molecule has 2 rings (SSSR count). The SMILES string of the molecule is FC1(F)Cc2ncccc2O1. The topological polar surface area (TPSA) is 22.1 Å². The Bertz CT molecular complexity index is 261. The van der Waals surface area contributed by atoms with Gasteiger partial charge in [-0.05, 0) is 12.1 Å². The Hall–Kier alpha value is -1.19. The van der Waals surface area contributed by atoms with Gasteiger partial charge in [-0.25, -0.2) is 0 Å². The number of alkyl halides is 2. The molecule has 0 amide bonds. The molecule has 2 nitrogen and oxygen atoms in total. The van der Waals surface area contributed by atoms with Crippen molar-refractivity contribution >= 4 is 0 Å². The Labute approximate surface area is 61.8 Å². The summed E-state index contributed by atoms with van der Waals surface area (Å²) in [6.07, 6.45) is -2.00. The van der Waals surface area contributed by atoms with E-state index in [1.54, 1.807) is 6.07 Å². The molecule has 58 valence electrons. The first-order chi connectivity index (χ1) is 5.17. The van der Waals surface area contributed by atoms with Gasteiger partial charge in [0.25, 0.3) is 0 Å². The predicted molar refractivity (Wildman–Crippen MR) is 33.5 cm³/mol. The van der Waals surface area contributed by atoms with E-state index in [1.165, 1.54) is 12.3 Å². The number of halogens is 2. The normalized spacial score (nSPS) is 19.1. The van der Waals surface area contributed by atoms with E-state index in [2.05, 4.69) is 9.72 Å². The molecule has 0 atom stereocenters. The summed E-state index contributed by atoms with van der Waals surface area (Å²) in [5.41, 5.74) is 0.331. The third-order valence-corrected chi connectivity index (χ3v) is 1.48. The number of ether oxygens (including phenoxy) is 1. The van der Waals surface area contributed by atoms with Gasteiger partial charge in [-0.1, -0.05) is 0 Å². The summed E-state index contributed by atoms with van der Waals surface area (Å²) in [6, 6.07) is 3.06. The first kappa shape index (κ1) is 6.52. The van der Waals surface area contributed by atoms with Crippen LogP contribution in [0, 0.1) is 0 Å². The number of pyridine rings is 1. The molecule has 0 unspecified atom stereocenters. The molecule has 0 aromatic carbocycles. The molecule has 4 heteroatoms. The fourth-order valence-electron chi connectivity index (χ4n) is 1.04. The lowest BCUT2D eigenvalue weighted by Gasteiger charge is -2.05. The van der Waals surface area contributed by atoms with E-state index < -0.39 is 12.5 Å². The molecule has 0 fully saturated rings. The average molecular weight is 157 g/mol. The molecule has 1 aromatic rings. The third-order valence-electron chi connectivity index (χ3n) is 1.48. The molecule has 0 saturated carbocycles. The van der Waals surface area contributed by atoms with E-state index in [-0.39, 0.29) is 5.75 Å². The quantitative estimate of drug-likeness (QED) is 0.570. The van der Waals surface area contributed by atoms with Crippen molar-refractivity contribution in [1.82, 2.24) is 4.98 Å². The van der Waals surface area contributed by atoms with Crippen LogP contribution in [0.4, 0.5) is 8.78 Å². The Kier molecular flexibility index (Phi) is 1.13. The summed E-state index contributed by atoms with van der Waals surface area (Å²) in [4.78, 5) is 3.75. The molecular formula is C7H5F2NO. The van der Waals surface area contributed by atoms with Gasteiger partial charge in [0.2, 0.25) is 0 Å². The van der Waals surface area contributed by atoms with Crippen LogP contribution in [0.3, 0.4) is 0 Å². The summed E-state index contributed by atoms with van der Waals surface area (Å²) in [7, 11) is 0. The third kappa shape index (κ3) is 1.04. The van der Waals surface area contributed by atoms with E-state index in [0.29, 0.717) is 5.69 Å². The lowest BCUT2D eigenvalue weighted by Crippen LogP contribution is -2.20. The van der Waals surface area contributed by atoms with Gasteiger partial charge in [-0.15, -0.1) is 0 Å². The molecule has 1 aliphatic heterocycles. The zero-order chi connectivity index (χ0) is 7.90. The van der Waals surface area contributed by atoms with E-state index in [9.17, 15) is 8.78 Å². The van der Waals surface area contributed by atoms with Crippen molar-refractivity contribution in [2.45, 2.75) is 12.5 Å². The highest BCUT2D eigenvalue weighted by atomic mass is 19.3. The van der Waals surface area contributed by atoms with Crippen LogP contribution in [0.25, 0.3) is 0 Å². The minimum Gasteiger partial charge on any atom is -0.430 e. The van der Waals surface area contributed by atoms with Gasteiger partial charge in [-0.3, -0.25) is 4.98 Å². The minimum absolute atomic E-state index is 0.192. The van der Waals surface area contributed by atoms with Crippen molar-refractivity contribution in [2.75, 3.05) is 0 Å². The molecule has 0 aliphatic carbocycles. The molecule has 1 aliphatic rings. The Morgan fingerprint density at radius 1 is 1.55 bits per heavy atom. The summed E-state index contributed by atoms with van der Waals surface area (Å²) >= 11 is 0. The molecule has 0 radical (unpaired) electrons. The fourth-order valence-corrected chi connectivity index (χ4v) is 1.04. The van der Waals surface area contributed by atoms with Gasteiger partial charge in [-0.2, -0.15) is 8.78 Å². The van der Waals surface area contributed by atoms with Crippen LogP contribution in [0.2, 0.25) is 0 Å². The number of hydrogen-bond acceptors (Lipinski definition) is 2. The van der Waals surface area contributed by atoms with Crippen LogP contribution >= 0.6 is 0 Å². The first-order valence-corrected chi connectivity index (χ1v) is 3.18.